The molecule has 2 heterocycles. The van der Waals surface area contributed by atoms with Crippen LogP contribution in [0.2, 0.25) is 0 Å². The van der Waals surface area contributed by atoms with Crippen molar-refractivity contribution in [3.63, 3.8) is 0 Å². The maximum absolute atomic E-state index is 5.72. The highest BCUT2D eigenvalue weighted by Gasteiger charge is 2.14. The summed E-state index contributed by atoms with van der Waals surface area (Å²) in [5.41, 5.74) is 11.1. The molecule has 96 valence electrons. The van der Waals surface area contributed by atoms with Gasteiger partial charge in [-0.25, -0.2) is 9.50 Å². The molecule has 4 nitrogen and oxygen atoms in total. The van der Waals surface area contributed by atoms with Gasteiger partial charge in [0.05, 0.1) is 5.69 Å². The maximum atomic E-state index is 5.72. The van der Waals surface area contributed by atoms with Crippen LogP contribution in [0.15, 0.2) is 42.7 Å². The van der Waals surface area contributed by atoms with Crippen molar-refractivity contribution in [3.05, 3.63) is 53.9 Å². The molecule has 0 spiro atoms. The van der Waals surface area contributed by atoms with E-state index in [9.17, 15) is 0 Å². The van der Waals surface area contributed by atoms with Gasteiger partial charge in [-0.2, -0.15) is 5.10 Å². The van der Waals surface area contributed by atoms with E-state index in [1.165, 1.54) is 5.56 Å². The van der Waals surface area contributed by atoms with Crippen LogP contribution in [0.25, 0.3) is 16.9 Å². The largest absolute Gasteiger partial charge is 0.330 e. The highest BCUT2D eigenvalue weighted by molar-refractivity contribution is 5.70. The van der Waals surface area contributed by atoms with E-state index in [1.807, 2.05) is 16.8 Å². The first-order valence-electron chi connectivity index (χ1n) is 6.39. The molecule has 19 heavy (non-hydrogen) atoms. The molecule has 0 radical (unpaired) electrons. The Morgan fingerprint density at radius 3 is 2.74 bits per heavy atom. The predicted octanol–water partition coefficient (Wildman–Crippen LogP) is 2.21. The lowest BCUT2D eigenvalue weighted by atomic mass is 10.0. The molecule has 2 aromatic heterocycles. The number of nitrogens with two attached hydrogens (primary N) is 1. The van der Waals surface area contributed by atoms with E-state index in [1.54, 1.807) is 6.20 Å². The lowest BCUT2D eigenvalue weighted by molar-refractivity contribution is 0.941. The minimum absolute atomic E-state index is 0.594. The lowest BCUT2D eigenvalue weighted by Crippen LogP contribution is -2.03. The molecular formula is C15H16N4. The molecule has 0 aliphatic heterocycles. The van der Waals surface area contributed by atoms with Crippen LogP contribution in [0.4, 0.5) is 0 Å². The Morgan fingerprint density at radius 1 is 1.21 bits per heavy atom. The Hall–Kier alpha value is -2.20. The van der Waals surface area contributed by atoms with Crippen molar-refractivity contribution in [3.8, 4) is 11.3 Å². The van der Waals surface area contributed by atoms with Crippen LogP contribution in [0.3, 0.4) is 0 Å². The van der Waals surface area contributed by atoms with Crippen molar-refractivity contribution in [2.24, 2.45) is 5.73 Å². The van der Waals surface area contributed by atoms with Gasteiger partial charge in [-0.1, -0.05) is 29.8 Å². The standard InChI is InChI=1S/C15H16N4/c1-11-3-5-12(6-4-11)14-13(7-8-16)15-17-9-2-10-19(15)18-14/h2-6,9-10H,7-8,16H2,1H3. The van der Waals surface area contributed by atoms with Gasteiger partial charge in [0.2, 0.25) is 0 Å². The number of rotatable bonds is 3. The zero-order chi connectivity index (χ0) is 13.2. The van der Waals surface area contributed by atoms with Crippen LogP contribution in [-0.2, 0) is 6.42 Å². The molecule has 0 aliphatic carbocycles. The third-order valence-electron chi connectivity index (χ3n) is 3.21. The van der Waals surface area contributed by atoms with Gasteiger partial charge in [0.1, 0.15) is 0 Å². The molecular weight excluding hydrogens is 236 g/mol. The number of hydrogen-bond acceptors (Lipinski definition) is 3. The van der Waals surface area contributed by atoms with Crippen LogP contribution in [0, 0.1) is 6.92 Å². The van der Waals surface area contributed by atoms with Crippen molar-refractivity contribution >= 4 is 5.65 Å². The van der Waals surface area contributed by atoms with Crippen molar-refractivity contribution < 1.29 is 0 Å². The highest BCUT2D eigenvalue weighted by atomic mass is 15.2. The Labute approximate surface area is 111 Å². The quantitative estimate of drug-likeness (QED) is 0.777. The molecule has 0 amide bonds. The Bertz CT molecular complexity index is 698. The zero-order valence-electron chi connectivity index (χ0n) is 10.9. The second-order valence-electron chi connectivity index (χ2n) is 4.62. The SMILES string of the molecule is Cc1ccc(-c2nn3cccnc3c2CCN)cc1. The molecule has 3 rings (SSSR count). The van der Waals surface area contributed by atoms with Crippen LogP contribution in [-0.4, -0.2) is 21.1 Å². The summed E-state index contributed by atoms with van der Waals surface area (Å²) < 4.78 is 1.82. The Balaban J connectivity index is 2.21. The lowest BCUT2D eigenvalue weighted by Gasteiger charge is -2.01. The smallest absolute Gasteiger partial charge is 0.158 e. The van der Waals surface area contributed by atoms with E-state index < -0.39 is 0 Å². The topological polar surface area (TPSA) is 56.2 Å². The molecule has 2 N–H and O–H groups in total. The fourth-order valence-corrected chi connectivity index (χ4v) is 2.25. The van der Waals surface area contributed by atoms with E-state index in [4.69, 9.17) is 5.73 Å². The third kappa shape index (κ3) is 2.11. The minimum Gasteiger partial charge on any atom is -0.330 e. The third-order valence-corrected chi connectivity index (χ3v) is 3.21. The van der Waals surface area contributed by atoms with Crippen LogP contribution in [0.5, 0.6) is 0 Å². The summed E-state index contributed by atoms with van der Waals surface area (Å²) in [6, 6.07) is 10.3. The minimum atomic E-state index is 0.594. The first kappa shape index (κ1) is 11.9. The number of aromatic nitrogens is 3. The monoisotopic (exact) mass is 252 g/mol. The van der Waals surface area contributed by atoms with Gasteiger partial charge in [-0.3, -0.25) is 0 Å². The molecule has 0 saturated heterocycles. The number of aryl methyl sites for hydroxylation is 1. The van der Waals surface area contributed by atoms with Crippen LogP contribution >= 0.6 is 0 Å². The van der Waals surface area contributed by atoms with Gasteiger partial charge in [-0.05, 0) is 26.0 Å². The summed E-state index contributed by atoms with van der Waals surface area (Å²) in [4.78, 5) is 4.41. The second kappa shape index (κ2) is 4.82. The normalized spacial score (nSPS) is 11.1. The van der Waals surface area contributed by atoms with E-state index in [2.05, 4.69) is 41.3 Å². The molecule has 3 aromatic rings. The first-order chi connectivity index (χ1) is 9.29. The summed E-state index contributed by atoms with van der Waals surface area (Å²) in [6.07, 6.45) is 4.49. The summed E-state index contributed by atoms with van der Waals surface area (Å²) in [5.74, 6) is 0. The van der Waals surface area contributed by atoms with Crippen molar-refractivity contribution in [2.45, 2.75) is 13.3 Å². The molecule has 0 saturated carbocycles. The van der Waals surface area contributed by atoms with E-state index in [0.717, 1.165) is 28.9 Å². The zero-order valence-corrected chi connectivity index (χ0v) is 10.9. The van der Waals surface area contributed by atoms with Gasteiger partial charge in [-0.15, -0.1) is 0 Å². The van der Waals surface area contributed by atoms with Gasteiger partial charge < -0.3 is 5.73 Å². The summed E-state index contributed by atoms with van der Waals surface area (Å²) >= 11 is 0. The van der Waals surface area contributed by atoms with Gasteiger partial charge >= 0.3 is 0 Å². The summed E-state index contributed by atoms with van der Waals surface area (Å²) in [7, 11) is 0. The number of fused-ring (bicyclic) bond motifs is 1. The van der Waals surface area contributed by atoms with Gasteiger partial charge in [0.15, 0.2) is 5.65 Å². The molecule has 4 heteroatoms. The molecule has 0 bridgehead atoms. The van der Waals surface area contributed by atoms with Crippen LogP contribution < -0.4 is 5.73 Å². The molecule has 1 aromatic carbocycles. The first-order valence-corrected chi connectivity index (χ1v) is 6.39. The molecule has 0 fully saturated rings. The summed E-state index contributed by atoms with van der Waals surface area (Å²) in [6.45, 7) is 2.67. The fraction of sp³-hybridized carbons (Fsp3) is 0.200. The maximum Gasteiger partial charge on any atom is 0.158 e. The van der Waals surface area contributed by atoms with Gasteiger partial charge in [0.25, 0.3) is 0 Å². The van der Waals surface area contributed by atoms with Crippen molar-refractivity contribution in [2.75, 3.05) is 6.54 Å². The Kier molecular flexibility index (Phi) is 3.01. The number of hydrogen-bond donors (Lipinski definition) is 1. The van der Waals surface area contributed by atoms with E-state index >= 15 is 0 Å². The predicted molar refractivity (Wildman–Crippen MR) is 75.9 cm³/mol. The molecule has 0 aliphatic rings. The van der Waals surface area contributed by atoms with Crippen LogP contribution in [0.1, 0.15) is 11.1 Å². The van der Waals surface area contributed by atoms with Gasteiger partial charge in [0, 0.05) is 23.5 Å². The second-order valence-corrected chi connectivity index (χ2v) is 4.62. The molecule has 0 atom stereocenters. The average Bonchev–Trinajstić information content (AvgIpc) is 2.79. The number of benzene rings is 1. The molecule has 0 unspecified atom stereocenters. The highest BCUT2D eigenvalue weighted by Crippen LogP contribution is 2.25. The van der Waals surface area contributed by atoms with Crippen molar-refractivity contribution in [1.29, 1.82) is 0 Å². The Morgan fingerprint density at radius 2 is 2.00 bits per heavy atom. The average molecular weight is 252 g/mol. The number of nitrogens with zero attached hydrogens (tertiary/aromatic N) is 3. The van der Waals surface area contributed by atoms with E-state index in [-0.39, 0.29) is 0 Å². The van der Waals surface area contributed by atoms with Crippen molar-refractivity contribution in [1.82, 2.24) is 14.6 Å². The fourth-order valence-electron chi connectivity index (χ4n) is 2.25. The van der Waals surface area contributed by atoms with E-state index in [0.29, 0.717) is 6.54 Å². The summed E-state index contributed by atoms with van der Waals surface area (Å²) in [5, 5.41) is 4.63.